The molecule has 0 unspecified atom stereocenters. The molecular weight excluding hydrogens is 278 g/mol. The molecule has 0 aliphatic heterocycles. The molecule has 0 saturated heterocycles. The third kappa shape index (κ3) is 3.19. The summed E-state index contributed by atoms with van der Waals surface area (Å²) < 4.78 is 14.8. The second-order valence-electron chi connectivity index (χ2n) is 3.60. The molecule has 2 rings (SSSR count). The van der Waals surface area contributed by atoms with Gasteiger partial charge >= 0.3 is 0 Å². The van der Waals surface area contributed by atoms with Crippen LogP contribution in [0.1, 0.15) is 17.2 Å². The molecule has 1 aromatic heterocycles. The molecule has 2 N–H and O–H groups in total. The summed E-state index contributed by atoms with van der Waals surface area (Å²) in [4.78, 5) is 4.18. The van der Waals surface area contributed by atoms with Gasteiger partial charge in [-0.1, -0.05) is 6.07 Å². The summed E-state index contributed by atoms with van der Waals surface area (Å²) in [5.74, 6) is 1.07. The van der Waals surface area contributed by atoms with Crippen LogP contribution in [-0.4, -0.2) is 14.8 Å². The molecule has 0 fully saturated rings. The van der Waals surface area contributed by atoms with Crippen molar-refractivity contribution in [1.82, 2.24) is 14.8 Å². The lowest BCUT2D eigenvalue weighted by Gasteiger charge is -2.08. The highest BCUT2D eigenvalue weighted by atomic mass is 35.5. The van der Waals surface area contributed by atoms with E-state index in [0.717, 1.165) is 11.4 Å². The summed E-state index contributed by atoms with van der Waals surface area (Å²) in [5.41, 5.74) is 7.11. The average Bonchev–Trinajstić information content (AvgIpc) is 2.57. The van der Waals surface area contributed by atoms with Gasteiger partial charge in [-0.3, -0.25) is 0 Å². The lowest BCUT2D eigenvalue weighted by atomic mass is 10.1. The minimum Gasteiger partial charge on any atom is -0.326 e. The molecule has 1 aromatic carbocycles. The summed E-state index contributed by atoms with van der Waals surface area (Å²) in [6.45, 7) is 3.96. The molecule has 0 spiro atoms. The molecule has 18 heavy (non-hydrogen) atoms. The van der Waals surface area contributed by atoms with Gasteiger partial charge in [0.25, 0.3) is 0 Å². The molecule has 0 amide bonds. The average molecular weight is 293 g/mol. The van der Waals surface area contributed by atoms with Gasteiger partial charge in [0.2, 0.25) is 0 Å². The van der Waals surface area contributed by atoms with Crippen LogP contribution in [0.15, 0.2) is 18.2 Å². The fourth-order valence-corrected chi connectivity index (χ4v) is 1.66. The van der Waals surface area contributed by atoms with Crippen LogP contribution in [0.4, 0.5) is 4.39 Å². The molecule has 0 bridgehead atoms. The van der Waals surface area contributed by atoms with Crippen LogP contribution in [0.5, 0.6) is 0 Å². The molecule has 0 aliphatic rings. The van der Waals surface area contributed by atoms with Crippen LogP contribution in [0.2, 0.25) is 0 Å². The number of nitrogens with zero attached hydrogens (tertiary/aromatic N) is 3. The van der Waals surface area contributed by atoms with Gasteiger partial charge in [-0.15, -0.1) is 24.8 Å². The topological polar surface area (TPSA) is 56.7 Å². The first-order chi connectivity index (χ1) is 7.61. The van der Waals surface area contributed by atoms with Crippen LogP contribution in [0.3, 0.4) is 0 Å². The molecule has 2 aromatic rings. The first kappa shape index (κ1) is 16.8. The Labute approximate surface area is 117 Å². The molecule has 0 aliphatic carbocycles. The van der Waals surface area contributed by atoms with Crippen molar-refractivity contribution < 1.29 is 4.39 Å². The minimum absolute atomic E-state index is 0. The van der Waals surface area contributed by atoms with E-state index in [9.17, 15) is 4.39 Å². The van der Waals surface area contributed by atoms with Gasteiger partial charge in [0.15, 0.2) is 0 Å². The third-order valence-corrected chi connectivity index (χ3v) is 2.37. The zero-order valence-electron chi connectivity index (χ0n) is 10.1. The van der Waals surface area contributed by atoms with Crippen molar-refractivity contribution in [3.05, 3.63) is 41.2 Å². The van der Waals surface area contributed by atoms with E-state index >= 15 is 0 Å². The summed E-state index contributed by atoms with van der Waals surface area (Å²) in [7, 11) is 0. The summed E-state index contributed by atoms with van der Waals surface area (Å²) in [5, 5.41) is 4.21. The summed E-state index contributed by atoms with van der Waals surface area (Å²) >= 11 is 0. The Hall–Kier alpha value is -1.17. The molecule has 100 valence electrons. The number of hydrogen-bond donors (Lipinski definition) is 1. The van der Waals surface area contributed by atoms with Crippen LogP contribution in [0, 0.1) is 19.7 Å². The Morgan fingerprint density at radius 1 is 1.28 bits per heavy atom. The van der Waals surface area contributed by atoms with Crippen molar-refractivity contribution in [3.63, 3.8) is 0 Å². The highest BCUT2D eigenvalue weighted by Gasteiger charge is 2.10. The molecule has 7 heteroatoms. The van der Waals surface area contributed by atoms with Crippen LogP contribution < -0.4 is 5.73 Å². The predicted octanol–water partition coefficient (Wildman–Crippen LogP) is 2.33. The van der Waals surface area contributed by atoms with Gasteiger partial charge in [-0.25, -0.2) is 14.1 Å². The zero-order valence-corrected chi connectivity index (χ0v) is 11.7. The molecule has 0 saturated carbocycles. The number of benzene rings is 1. The van der Waals surface area contributed by atoms with Gasteiger partial charge in [-0.05, 0) is 31.5 Å². The number of halogens is 3. The lowest BCUT2D eigenvalue weighted by molar-refractivity contribution is 0.623. The highest BCUT2D eigenvalue weighted by molar-refractivity contribution is 5.85. The van der Waals surface area contributed by atoms with E-state index in [-0.39, 0.29) is 30.6 Å². The molecular formula is C11H15Cl2FN4. The van der Waals surface area contributed by atoms with E-state index in [0.29, 0.717) is 18.1 Å². The maximum Gasteiger partial charge on any atom is 0.148 e. The first-order valence-corrected chi connectivity index (χ1v) is 5.01. The van der Waals surface area contributed by atoms with E-state index in [1.807, 2.05) is 6.92 Å². The normalized spacial score (nSPS) is 9.56. The van der Waals surface area contributed by atoms with Crippen LogP contribution in [0.25, 0.3) is 5.69 Å². The van der Waals surface area contributed by atoms with Gasteiger partial charge in [0.1, 0.15) is 17.5 Å². The number of aromatic nitrogens is 3. The third-order valence-electron chi connectivity index (χ3n) is 2.37. The van der Waals surface area contributed by atoms with Gasteiger partial charge in [0.05, 0.1) is 5.69 Å². The molecule has 4 nitrogen and oxygen atoms in total. The SMILES string of the molecule is Cc1nc(C)n(-c2cc(F)ccc2CN)n1.Cl.Cl. The quantitative estimate of drug-likeness (QED) is 0.924. The summed E-state index contributed by atoms with van der Waals surface area (Å²) in [6, 6.07) is 4.48. The van der Waals surface area contributed by atoms with E-state index < -0.39 is 0 Å². The Kier molecular flexibility index (Phi) is 6.25. The lowest BCUT2D eigenvalue weighted by Crippen LogP contribution is -2.07. The maximum absolute atomic E-state index is 13.2. The fraction of sp³-hybridized carbons (Fsp3) is 0.273. The molecule has 1 heterocycles. The molecule has 0 atom stereocenters. The zero-order chi connectivity index (χ0) is 11.7. The first-order valence-electron chi connectivity index (χ1n) is 5.01. The van der Waals surface area contributed by atoms with Gasteiger partial charge in [0, 0.05) is 6.54 Å². The standard InChI is InChI=1S/C11H13FN4.2ClH/c1-7-14-8(2)16(15-7)11-5-10(12)4-3-9(11)6-13;;/h3-5H,6,13H2,1-2H3;2*1H. The predicted molar refractivity (Wildman–Crippen MR) is 73.2 cm³/mol. The van der Waals surface area contributed by atoms with Crippen molar-refractivity contribution in [3.8, 4) is 5.69 Å². The van der Waals surface area contributed by atoms with E-state index in [1.165, 1.54) is 12.1 Å². The largest absolute Gasteiger partial charge is 0.326 e. The van der Waals surface area contributed by atoms with Crippen molar-refractivity contribution in [2.24, 2.45) is 5.73 Å². The second kappa shape index (κ2) is 6.68. The van der Waals surface area contributed by atoms with E-state index in [2.05, 4.69) is 10.1 Å². The van der Waals surface area contributed by atoms with Crippen molar-refractivity contribution >= 4 is 24.8 Å². The second-order valence-corrected chi connectivity index (χ2v) is 3.60. The smallest absolute Gasteiger partial charge is 0.148 e. The Morgan fingerprint density at radius 2 is 1.94 bits per heavy atom. The van der Waals surface area contributed by atoms with E-state index in [1.54, 1.807) is 17.7 Å². The number of aryl methyl sites for hydroxylation is 2. The van der Waals surface area contributed by atoms with Gasteiger partial charge < -0.3 is 5.73 Å². The number of hydrogen-bond acceptors (Lipinski definition) is 3. The Balaban J connectivity index is 0.00000144. The Bertz CT molecular complexity index is 528. The van der Waals surface area contributed by atoms with Crippen LogP contribution in [-0.2, 0) is 6.54 Å². The maximum atomic E-state index is 13.2. The molecule has 0 radical (unpaired) electrons. The van der Waals surface area contributed by atoms with Crippen molar-refractivity contribution in [1.29, 1.82) is 0 Å². The minimum atomic E-state index is -0.306. The van der Waals surface area contributed by atoms with Gasteiger partial charge in [-0.2, -0.15) is 5.10 Å². The van der Waals surface area contributed by atoms with Crippen molar-refractivity contribution in [2.45, 2.75) is 20.4 Å². The van der Waals surface area contributed by atoms with Crippen LogP contribution >= 0.6 is 24.8 Å². The number of nitrogens with two attached hydrogens (primary N) is 1. The monoisotopic (exact) mass is 292 g/mol. The van der Waals surface area contributed by atoms with Crippen molar-refractivity contribution in [2.75, 3.05) is 0 Å². The van der Waals surface area contributed by atoms with E-state index in [4.69, 9.17) is 5.73 Å². The Morgan fingerprint density at radius 3 is 2.44 bits per heavy atom. The summed E-state index contributed by atoms with van der Waals surface area (Å²) in [6.07, 6.45) is 0. The number of rotatable bonds is 2. The highest BCUT2D eigenvalue weighted by Crippen LogP contribution is 2.16. The fourth-order valence-electron chi connectivity index (χ4n) is 1.66.